The molecule has 0 unspecified atom stereocenters. The van der Waals surface area contributed by atoms with Gasteiger partial charge in [-0.15, -0.1) is 0 Å². The van der Waals surface area contributed by atoms with E-state index in [0.29, 0.717) is 12.4 Å². The Balaban J connectivity index is 1.59. The van der Waals surface area contributed by atoms with E-state index in [1.165, 1.54) is 0 Å². The number of hydrogen-bond acceptors (Lipinski definition) is 5. The summed E-state index contributed by atoms with van der Waals surface area (Å²) in [6, 6.07) is 11.9. The van der Waals surface area contributed by atoms with Crippen LogP contribution < -0.4 is 10.2 Å². The van der Waals surface area contributed by atoms with E-state index in [1.54, 1.807) is 0 Å². The number of nitrogens with one attached hydrogen (secondary N) is 1. The van der Waals surface area contributed by atoms with E-state index >= 15 is 0 Å². The molecule has 0 saturated carbocycles. The lowest BCUT2D eigenvalue weighted by atomic mass is 10.1. The Kier molecular flexibility index (Phi) is 5.48. The number of nitrogens with zero attached hydrogens (tertiary/aromatic N) is 4. The van der Waals surface area contributed by atoms with E-state index in [2.05, 4.69) is 20.2 Å². The van der Waals surface area contributed by atoms with Crippen LogP contribution in [0.25, 0.3) is 0 Å². The number of carbonyl (C=O) groups is 1. The summed E-state index contributed by atoms with van der Waals surface area (Å²) >= 11 is 0. The number of carbonyl (C=O) groups excluding carboxylic acids is 1. The van der Waals surface area contributed by atoms with Crippen LogP contribution in [0.3, 0.4) is 0 Å². The summed E-state index contributed by atoms with van der Waals surface area (Å²) in [6.07, 6.45) is 0.470. The number of aromatic nitrogens is 2. The van der Waals surface area contributed by atoms with Crippen LogP contribution in [0.5, 0.6) is 0 Å². The van der Waals surface area contributed by atoms with Crippen molar-refractivity contribution in [2.75, 3.05) is 42.9 Å². The summed E-state index contributed by atoms with van der Waals surface area (Å²) in [5.41, 5.74) is 2.01. The molecule has 1 aliphatic rings. The van der Waals surface area contributed by atoms with Crippen LogP contribution in [0, 0.1) is 6.92 Å². The van der Waals surface area contributed by atoms with Crippen LogP contribution in [0.15, 0.2) is 36.4 Å². The second-order valence-corrected chi connectivity index (χ2v) is 6.25. The summed E-state index contributed by atoms with van der Waals surface area (Å²) in [7, 11) is 0. The first-order chi connectivity index (χ1) is 12.2. The molecule has 0 atom stereocenters. The molecule has 3 rings (SSSR count). The lowest BCUT2D eigenvalue weighted by Gasteiger charge is -2.35. The molecule has 2 aromatic rings. The second-order valence-electron chi connectivity index (χ2n) is 6.25. The summed E-state index contributed by atoms with van der Waals surface area (Å²) in [6.45, 7) is 7.85. The highest BCUT2D eigenvalue weighted by Crippen LogP contribution is 2.17. The van der Waals surface area contributed by atoms with Gasteiger partial charge in [0.05, 0.1) is 6.42 Å². The van der Waals surface area contributed by atoms with E-state index in [1.807, 2.05) is 55.1 Å². The van der Waals surface area contributed by atoms with Gasteiger partial charge in [-0.3, -0.25) is 4.79 Å². The van der Waals surface area contributed by atoms with Crippen molar-refractivity contribution in [3.05, 3.63) is 47.7 Å². The highest BCUT2D eigenvalue weighted by molar-refractivity contribution is 5.79. The van der Waals surface area contributed by atoms with Crippen LogP contribution in [0.2, 0.25) is 0 Å². The normalized spacial score (nSPS) is 14.5. The number of benzene rings is 1. The van der Waals surface area contributed by atoms with Crippen LogP contribution >= 0.6 is 0 Å². The zero-order valence-corrected chi connectivity index (χ0v) is 14.9. The molecule has 1 aliphatic heterocycles. The minimum atomic E-state index is 0.193. The van der Waals surface area contributed by atoms with Gasteiger partial charge >= 0.3 is 0 Å². The third-order valence-corrected chi connectivity index (χ3v) is 4.33. The molecule has 1 amide bonds. The van der Waals surface area contributed by atoms with Crippen molar-refractivity contribution in [3.63, 3.8) is 0 Å². The Morgan fingerprint density at radius 2 is 1.84 bits per heavy atom. The standard InChI is InChI=1S/C19H25N5O/c1-3-20-19-21-15(2)13-17(22-19)23-9-11-24(12-10-23)18(25)14-16-7-5-4-6-8-16/h4-8,13H,3,9-12,14H2,1-2H3,(H,20,21,22). The second kappa shape index (κ2) is 7.96. The number of hydrogen-bond donors (Lipinski definition) is 1. The highest BCUT2D eigenvalue weighted by Gasteiger charge is 2.22. The lowest BCUT2D eigenvalue weighted by molar-refractivity contribution is -0.130. The molecule has 1 aromatic carbocycles. The maximum absolute atomic E-state index is 12.5. The monoisotopic (exact) mass is 339 g/mol. The quantitative estimate of drug-likeness (QED) is 0.904. The van der Waals surface area contributed by atoms with E-state index in [-0.39, 0.29) is 5.91 Å². The van der Waals surface area contributed by atoms with Gasteiger partial charge in [0.25, 0.3) is 0 Å². The summed E-state index contributed by atoms with van der Waals surface area (Å²) in [5, 5.41) is 3.17. The number of amides is 1. The van der Waals surface area contributed by atoms with Crippen molar-refractivity contribution in [3.8, 4) is 0 Å². The largest absolute Gasteiger partial charge is 0.354 e. The van der Waals surface area contributed by atoms with Gasteiger partial charge < -0.3 is 15.1 Å². The summed E-state index contributed by atoms with van der Waals surface area (Å²) in [5.74, 6) is 1.79. The van der Waals surface area contributed by atoms with Gasteiger partial charge in [-0.05, 0) is 19.4 Å². The number of anilines is 2. The number of rotatable bonds is 5. The predicted molar refractivity (Wildman–Crippen MR) is 99.9 cm³/mol. The van der Waals surface area contributed by atoms with Gasteiger partial charge in [0.15, 0.2) is 0 Å². The molecule has 1 saturated heterocycles. The van der Waals surface area contributed by atoms with E-state index in [4.69, 9.17) is 0 Å². The van der Waals surface area contributed by atoms with Gasteiger partial charge in [-0.1, -0.05) is 30.3 Å². The molecule has 1 fully saturated rings. The van der Waals surface area contributed by atoms with E-state index in [9.17, 15) is 4.79 Å². The van der Waals surface area contributed by atoms with Crippen molar-refractivity contribution < 1.29 is 4.79 Å². The van der Waals surface area contributed by atoms with Crippen molar-refractivity contribution >= 4 is 17.7 Å². The molecule has 2 heterocycles. The highest BCUT2D eigenvalue weighted by atomic mass is 16.2. The van der Waals surface area contributed by atoms with Gasteiger partial charge in [0.1, 0.15) is 5.82 Å². The molecule has 1 N–H and O–H groups in total. The SMILES string of the molecule is CCNc1nc(C)cc(N2CCN(C(=O)Cc3ccccc3)CC2)n1. The predicted octanol–water partition coefficient (Wildman–Crippen LogP) is 2.11. The number of piperazine rings is 1. The van der Waals surface area contributed by atoms with Crippen LogP contribution in [-0.2, 0) is 11.2 Å². The third kappa shape index (κ3) is 4.47. The topological polar surface area (TPSA) is 61.4 Å². The van der Waals surface area contributed by atoms with Crippen molar-refractivity contribution in [2.45, 2.75) is 20.3 Å². The zero-order valence-electron chi connectivity index (χ0n) is 14.9. The van der Waals surface area contributed by atoms with Crippen LogP contribution in [0.4, 0.5) is 11.8 Å². The molecule has 6 nitrogen and oxygen atoms in total. The molecular weight excluding hydrogens is 314 g/mol. The average Bonchev–Trinajstić information content (AvgIpc) is 2.62. The Hall–Kier alpha value is -2.63. The van der Waals surface area contributed by atoms with E-state index < -0.39 is 0 Å². The Bertz CT molecular complexity index is 711. The summed E-state index contributed by atoms with van der Waals surface area (Å²) in [4.78, 5) is 25.6. The van der Waals surface area contributed by atoms with Crippen molar-refractivity contribution in [1.29, 1.82) is 0 Å². The Morgan fingerprint density at radius 1 is 1.12 bits per heavy atom. The smallest absolute Gasteiger partial charge is 0.227 e. The molecule has 0 radical (unpaired) electrons. The minimum Gasteiger partial charge on any atom is -0.354 e. The first kappa shape index (κ1) is 17.2. The molecule has 1 aromatic heterocycles. The maximum atomic E-state index is 12.5. The first-order valence-corrected chi connectivity index (χ1v) is 8.82. The fourth-order valence-electron chi connectivity index (χ4n) is 3.02. The molecule has 132 valence electrons. The van der Waals surface area contributed by atoms with Gasteiger partial charge in [0, 0.05) is 44.5 Å². The fraction of sp³-hybridized carbons (Fsp3) is 0.421. The molecule has 0 bridgehead atoms. The summed E-state index contributed by atoms with van der Waals surface area (Å²) < 4.78 is 0. The van der Waals surface area contributed by atoms with Crippen LogP contribution in [-0.4, -0.2) is 53.5 Å². The maximum Gasteiger partial charge on any atom is 0.227 e. The molecule has 6 heteroatoms. The van der Waals surface area contributed by atoms with Crippen LogP contribution in [0.1, 0.15) is 18.2 Å². The lowest BCUT2D eigenvalue weighted by Crippen LogP contribution is -2.49. The Morgan fingerprint density at radius 3 is 2.52 bits per heavy atom. The van der Waals surface area contributed by atoms with Crippen molar-refractivity contribution in [2.24, 2.45) is 0 Å². The van der Waals surface area contributed by atoms with Gasteiger partial charge in [-0.25, -0.2) is 4.98 Å². The van der Waals surface area contributed by atoms with Crippen molar-refractivity contribution in [1.82, 2.24) is 14.9 Å². The zero-order chi connectivity index (χ0) is 17.6. The third-order valence-electron chi connectivity index (χ3n) is 4.33. The van der Waals surface area contributed by atoms with Gasteiger partial charge in [-0.2, -0.15) is 4.98 Å². The fourth-order valence-corrected chi connectivity index (χ4v) is 3.02. The first-order valence-electron chi connectivity index (χ1n) is 8.82. The van der Waals surface area contributed by atoms with Gasteiger partial charge in [0.2, 0.25) is 11.9 Å². The molecule has 0 aliphatic carbocycles. The molecular formula is C19H25N5O. The Labute approximate surface area is 148 Å². The number of aryl methyl sites for hydroxylation is 1. The average molecular weight is 339 g/mol. The molecule has 0 spiro atoms. The minimum absolute atomic E-state index is 0.193. The van der Waals surface area contributed by atoms with E-state index in [0.717, 1.165) is 49.8 Å². The molecule has 25 heavy (non-hydrogen) atoms.